The first-order valence-electron chi connectivity index (χ1n) is 8.07. The van der Waals surface area contributed by atoms with Crippen LogP contribution >= 0.6 is 27.7 Å². The third-order valence-electron chi connectivity index (χ3n) is 3.78. The highest BCUT2D eigenvalue weighted by Crippen LogP contribution is 2.21. The maximum Gasteiger partial charge on any atom is 0.244 e. The molecule has 27 heavy (non-hydrogen) atoms. The summed E-state index contributed by atoms with van der Waals surface area (Å²) in [5, 5.41) is 2.72. The van der Waals surface area contributed by atoms with Crippen LogP contribution in [0.1, 0.15) is 12.0 Å². The number of benzene rings is 2. The number of hydrogen-bond acceptors (Lipinski definition) is 4. The zero-order valence-corrected chi connectivity index (χ0v) is 18.0. The number of nitrogens with one attached hydrogen (secondary N) is 2. The molecule has 0 unspecified atom stereocenters. The van der Waals surface area contributed by atoms with E-state index in [1.165, 1.54) is 30.0 Å². The highest BCUT2D eigenvalue weighted by molar-refractivity contribution is 9.10. The van der Waals surface area contributed by atoms with E-state index in [0.717, 1.165) is 16.1 Å². The van der Waals surface area contributed by atoms with Crippen LogP contribution < -0.4 is 10.0 Å². The molecule has 0 spiro atoms. The van der Waals surface area contributed by atoms with Crippen molar-refractivity contribution in [3.63, 3.8) is 0 Å². The molecule has 0 aliphatic rings. The van der Waals surface area contributed by atoms with Crippen molar-refractivity contribution >= 4 is 49.3 Å². The fraction of sp³-hybridized carbons (Fsp3) is 0.278. The van der Waals surface area contributed by atoms with Gasteiger partial charge in [0.1, 0.15) is 16.8 Å². The van der Waals surface area contributed by atoms with E-state index in [-0.39, 0.29) is 6.42 Å². The van der Waals surface area contributed by atoms with Gasteiger partial charge in [0.15, 0.2) is 0 Å². The van der Waals surface area contributed by atoms with Crippen molar-refractivity contribution in [1.29, 1.82) is 0 Å². The SMILES string of the molecule is CSCC[C@H](NS(=O)(=O)c1ccccc1F)C(=O)Nc1ccc(Br)c(C)c1. The summed E-state index contributed by atoms with van der Waals surface area (Å²) >= 11 is 4.88. The standard InChI is InChI=1S/C18H20BrFN2O3S2/c1-12-11-13(7-8-14(12)19)21-18(23)16(9-10-26-2)22-27(24,25)17-6-4-3-5-15(17)20/h3-8,11,16,22H,9-10H2,1-2H3,(H,21,23)/t16-/m0/s1. The second kappa shape index (κ2) is 9.68. The summed E-state index contributed by atoms with van der Waals surface area (Å²) in [4.78, 5) is 12.2. The number of rotatable bonds is 8. The number of carbonyl (C=O) groups excluding carboxylic acids is 1. The van der Waals surface area contributed by atoms with Gasteiger partial charge in [0, 0.05) is 10.2 Å². The minimum atomic E-state index is -4.18. The van der Waals surface area contributed by atoms with Crippen LogP contribution in [-0.4, -0.2) is 32.4 Å². The Hall–Kier alpha value is -1.42. The van der Waals surface area contributed by atoms with Crippen molar-refractivity contribution in [2.24, 2.45) is 0 Å². The van der Waals surface area contributed by atoms with Crippen molar-refractivity contribution in [3.05, 3.63) is 58.3 Å². The minimum absolute atomic E-state index is 0.274. The van der Waals surface area contributed by atoms with E-state index >= 15 is 0 Å². The first kappa shape index (κ1) is 21.9. The molecule has 0 aliphatic carbocycles. The smallest absolute Gasteiger partial charge is 0.244 e. The number of halogens is 2. The Bertz CT molecular complexity index is 923. The van der Waals surface area contributed by atoms with Crippen molar-refractivity contribution in [2.45, 2.75) is 24.3 Å². The number of sulfonamides is 1. The molecule has 0 bridgehead atoms. The molecular formula is C18H20BrFN2O3S2. The molecule has 0 radical (unpaired) electrons. The van der Waals surface area contributed by atoms with E-state index in [0.29, 0.717) is 11.4 Å². The zero-order valence-electron chi connectivity index (χ0n) is 14.8. The van der Waals surface area contributed by atoms with Crippen LogP contribution in [0.5, 0.6) is 0 Å². The lowest BCUT2D eigenvalue weighted by atomic mass is 10.2. The third kappa shape index (κ3) is 6.03. The molecule has 5 nitrogen and oxygen atoms in total. The molecule has 0 heterocycles. The van der Waals surface area contributed by atoms with Gasteiger partial charge in [-0.25, -0.2) is 12.8 Å². The van der Waals surface area contributed by atoms with Crippen molar-refractivity contribution in [3.8, 4) is 0 Å². The molecule has 2 N–H and O–H groups in total. The lowest BCUT2D eigenvalue weighted by Crippen LogP contribution is -2.44. The van der Waals surface area contributed by atoms with Crippen LogP contribution in [0.15, 0.2) is 51.8 Å². The third-order valence-corrected chi connectivity index (χ3v) is 6.81. The Labute approximate surface area is 171 Å². The van der Waals surface area contributed by atoms with E-state index in [9.17, 15) is 17.6 Å². The van der Waals surface area contributed by atoms with Crippen molar-refractivity contribution < 1.29 is 17.6 Å². The van der Waals surface area contributed by atoms with Gasteiger partial charge in [-0.1, -0.05) is 28.1 Å². The Morgan fingerprint density at radius 1 is 1.26 bits per heavy atom. The second-order valence-corrected chi connectivity index (χ2v) is 9.36. The van der Waals surface area contributed by atoms with E-state index < -0.39 is 32.7 Å². The molecule has 2 rings (SSSR count). The summed E-state index contributed by atoms with van der Waals surface area (Å²) in [6, 6.07) is 9.33. The number of hydrogen-bond donors (Lipinski definition) is 2. The second-order valence-electron chi connectivity index (χ2n) is 5.84. The molecular weight excluding hydrogens is 455 g/mol. The van der Waals surface area contributed by atoms with Crippen LogP contribution in [0.2, 0.25) is 0 Å². The quantitative estimate of drug-likeness (QED) is 0.607. The molecule has 2 aromatic carbocycles. The van der Waals surface area contributed by atoms with E-state index in [1.807, 2.05) is 13.2 Å². The average molecular weight is 475 g/mol. The van der Waals surface area contributed by atoms with Gasteiger partial charge >= 0.3 is 0 Å². The van der Waals surface area contributed by atoms with Crippen LogP contribution in [0.3, 0.4) is 0 Å². The van der Waals surface area contributed by atoms with Crippen LogP contribution in [0.25, 0.3) is 0 Å². The van der Waals surface area contributed by atoms with Gasteiger partial charge in [-0.2, -0.15) is 16.5 Å². The number of carbonyl (C=O) groups is 1. The van der Waals surface area contributed by atoms with Crippen LogP contribution in [0.4, 0.5) is 10.1 Å². The maximum absolute atomic E-state index is 13.9. The molecule has 2 aromatic rings. The van der Waals surface area contributed by atoms with Crippen LogP contribution in [-0.2, 0) is 14.8 Å². The summed E-state index contributed by atoms with van der Waals surface area (Å²) < 4.78 is 42.2. The Kier molecular flexibility index (Phi) is 7.84. The number of aryl methyl sites for hydroxylation is 1. The van der Waals surface area contributed by atoms with Gasteiger partial charge in [-0.3, -0.25) is 4.79 Å². The van der Waals surface area contributed by atoms with Crippen LogP contribution in [0, 0.1) is 12.7 Å². The lowest BCUT2D eigenvalue weighted by molar-refractivity contribution is -0.117. The van der Waals surface area contributed by atoms with Gasteiger partial charge < -0.3 is 5.32 Å². The minimum Gasteiger partial charge on any atom is -0.325 e. The average Bonchev–Trinajstić information content (AvgIpc) is 2.61. The molecule has 1 atom stereocenters. The van der Waals surface area contributed by atoms with Gasteiger partial charge in [0.05, 0.1) is 0 Å². The van der Waals surface area contributed by atoms with Crippen molar-refractivity contribution in [1.82, 2.24) is 4.72 Å². The molecule has 0 aromatic heterocycles. The zero-order chi connectivity index (χ0) is 20.0. The highest BCUT2D eigenvalue weighted by Gasteiger charge is 2.27. The molecule has 0 saturated carbocycles. The lowest BCUT2D eigenvalue weighted by Gasteiger charge is -2.19. The topological polar surface area (TPSA) is 75.3 Å². The number of thioether (sulfide) groups is 1. The summed E-state index contributed by atoms with van der Waals surface area (Å²) in [6.45, 7) is 1.88. The molecule has 0 aliphatic heterocycles. The summed E-state index contributed by atoms with van der Waals surface area (Å²) in [5.74, 6) is -0.791. The highest BCUT2D eigenvalue weighted by atomic mass is 79.9. The largest absolute Gasteiger partial charge is 0.325 e. The predicted octanol–water partition coefficient (Wildman–Crippen LogP) is 3.94. The summed E-state index contributed by atoms with van der Waals surface area (Å²) in [5.41, 5.74) is 1.49. The van der Waals surface area contributed by atoms with E-state index in [4.69, 9.17) is 0 Å². The number of amides is 1. The molecule has 0 fully saturated rings. The Morgan fingerprint density at radius 3 is 2.59 bits per heavy atom. The molecule has 9 heteroatoms. The fourth-order valence-corrected chi connectivity index (χ4v) is 4.37. The molecule has 1 amide bonds. The summed E-state index contributed by atoms with van der Waals surface area (Å²) in [7, 11) is -4.18. The fourth-order valence-electron chi connectivity index (χ4n) is 2.34. The molecule has 146 valence electrons. The Morgan fingerprint density at radius 2 is 1.96 bits per heavy atom. The van der Waals surface area contributed by atoms with Gasteiger partial charge in [-0.15, -0.1) is 0 Å². The van der Waals surface area contributed by atoms with E-state index in [2.05, 4.69) is 26.0 Å². The van der Waals surface area contributed by atoms with Gasteiger partial charge in [0.2, 0.25) is 15.9 Å². The first-order chi connectivity index (χ1) is 12.7. The van der Waals surface area contributed by atoms with Gasteiger partial charge in [-0.05, 0) is 61.2 Å². The summed E-state index contributed by atoms with van der Waals surface area (Å²) in [6.07, 6.45) is 2.13. The Balaban J connectivity index is 2.22. The van der Waals surface area contributed by atoms with E-state index in [1.54, 1.807) is 18.2 Å². The normalized spacial score (nSPS) is 12.6. The van der Waals surface area contributed by atoms with Crippen molar-refractivity contribution in [2.75, 3.05) is 17.3 Å². The predicted molar refractivity (Wildman–Crippen MR) is 111 cm³/mol. The monoisotopic (exact) mass is 474 g/mol. The maximum atomic E-state index is 13.9. The first-order valence-corrected chi connectivity index (χ1v) is 11.7. The number of anilines is 1. The molecule has 0 saturated heterocycles. The van der Waals surface area contributed by atoms with Gasteiger partial charge in [0.25, 0.3) is 0 Å².